The molecule has 0 aromatic heterocycles. The van der Waals surface area contributed by atoms with Crippen LogP contribution in [-0.4, -0.2) is 7.85 Å². The van der Waals surface area contributed by atoms with Crippen LogP contribution in [0, 0.1) is 0 Å². The van der Waals surface area contributed by atoms with Crippen LogP contribution in [0.25, 0.3) is 0 Å². The number of fused-ring (bicyclic) bond motifs is 1. The zero-order valence-electron chi connectivity index (χ0n) is 12.3. The third-order valence-corrected chi connectivity index (χ3v) is 5.20. The molecule has 1 heteroatoms. The van der Waals surface area contributed by atoms with Crippen LogP contribution in [0.2, 0.25) is 0 Å². The molecule has 0 bridgehead atoms. The normalized spacial score (nSPS) is 20.4. The van der Waals surface area contributed by atoms with E-state index >= 15 is 0 Å². The molecule has 0 saturated heterocycles. The molecule has 1 aromatic rings. The Balaban J connectivity index is 2.62. The molecule has 0 N–H and O–H groups in total. The van der Waals surface area contributed by atoms with Crippen LogP contribution < -0.4 is 0 Å². The van der Waals surface area contributed by atoms with Gasteiger partial charge in [0.2, 0.25) is 0 Å². The number of hydrogen-bond acceptors (Lipinski definition) is 0. The molecule has 0 saturated carbocycles. The lowest BCUT2D eigenvalue weighted by atomic mass is 9.59. The zero-order chi connectivity index (χ0) is 13.4. The molecule has 2 rings (SSSR count). The summed E-state index contributed by atoms with van der Waals surface area (Å²) in [5.74, 6) is 0. The van der Waals surface area contributed by atoms with Gasteiger partial charge in [0, 0.05) is 0 Å². The Bertz CT molecular complexity index is 427. The van der Waals surface area contributed by atoms with Crippen LogP contribution in [0.4, 0.5) is 0 Å². The smallest absolute Gasteiger partial charge is 0.0645 e. The van der Waals surface area contributed by atoms with Gasteiger partial charge in [0.25, 0.3) is 0 Å². The van der Waals surface area contributed by atoms with Gasteiger partial charge >= 0.3 is 0 Å². The number of hydrogen-bond donors (Lipinski definition) is 0. The Hall–Kier alpha value is -0.715. The van der Waals surface area contributed by atoms with Crippen molar-refractivity contribution >= 4 is 7.85 Å². The average Bonchev–Trinajstić information content (AvgIpc) is 2.39. The maximum absolute atomic E-state index is 5.82. The van der Waals surface area contributed by atoms with Crippen LogP contribution in [0.3, 0.4) is 0 Å². The summed E-state index contributed by atoms with van der Waals surface area (Å²) in [6, 6.07) is 6.92. The van der Waals surface area contributed by atoms with Crippen molar-refractivity contribution in [1.82, 2.24) is 0 Å². The van der Waals surface area contributed by atoms with E-state index in [1.54, 1.807) is 11.1 Å². The van der Waals surface area contributed by atoms with Gasteiger partial charge < -0.3 is 0 Å². The lowest BCUT2D eigenvalue weighted by Gasteiger charge is -2.45. The monoisotopic (exact) mass is 240 g/mol. The minimum Gasteiger partial charge on any atom is -0.0645 e. The van der Waals surface area contributed by atoms with Gasteiger partial charge in [0.15, 0.2) is 0 Å². The van der Waals surface area contributed by atoms with Crippen LogP contribution in [-0.2, 0) is 17.2 Å². The van der Waals surface area contributed by atoms with E-state index in [9.17, 15) is 0 Å². The molecular formula is C17H25B. The van der Waals surface area contributed by atoms with E-state index in [4.69, 9.17) is 7.85 Å². The summed E-state index contributed by atoms with van der Waals surface area (Å²) in [6.07, 6.45) is 5.73. The Morgan fingerprint density at radius 2 is 1.72 bits per heavy atom. The molecule has 0 atom stereocenters. The van der Waals surface area contributed by atoms with E-state index in [0.29, 0.717) is 17.2 Å². The molecule has 1 aromatic carbocycles. The molecule has 2 radical (unpaired) electrons. The third kappa shape index (κ3) is 2.02. The second-order valence-corrected chi connectivity index (χ2v) is 6.46. The Morgan fingerprint density at radius 3 is 2.28 bits per heavy atom. The molecule has 0 unspecified atom stereocenters. The van der Waals surface area contributed by atoms with Gasteiger partial charge in [0.05, 0.1) is 7.85 Å². The van der Waals surface area contributed by atoms with Gasteiger partial charge in [-0.1, -0.05) is 57.8 Å². The number of rotatable bonds is 3. The average molecular weight is 240 g/mol. The molecular weight excluding hydrogens is 215 g/mol. The summed E-state index contributed by atoms with van der Waals surface area (Å²) in [7, 11) is 5.82. The van der Waals surface area contributed by atoms with E-state index in [2.05, 4.69) is 45.9 Å². The van der Waals surface area contributed by atoms with E-state index in [1.165, 1.54) is 31.2 Å². The summed E-state index contributed by atoms with van der Waals surface area (Å²) < 4.78 is 0. The first kappa shape index (κ1) is 13.7. The van der Waals surface area contributed by atoms with Gasteiger partial charge in [-0.15, -0.1) is 0 Å². The summed E-state index contributed by atoms with van der Waals surface area (Å²) in [5.41, 5.74) is 5.10. The maximum atomic E-state index is 5.82. The van der Waals surface area contributed by atoms with Crippen molar-refractivity contribution in [2.45, 2.75) is 70.5 Å². The van der Waals surface area contributed by atoms with Crippen molar-refractivity contribution in [3.8, 4) is 0 Å². The van der Waals surface area contributed by atoms with Gasteiger partial charge in [-0.25, -0.2) is 0 Å². The van der Waals surface area contributed by atoms with Crippen molar-refractivity contribution in [2.24, 2.45) is 0 Å². The first-order valence-corrected chi connectivity index (χ1v) is 7.33. The molecule has 96 valence electrons. The van der Waals surface area contributed by atoms with Crippen LogP contribution >= 0.6 is 0 Å². The summed E-state index contributed by atoms with van der Waals surface area (Å²) in [6.45, 7) is 9.42. The van der Waals surface area contributed by atoms with E-state index in [1.807, 2.05) is 0 Å². The first-order chi connectivity index (χ1) is 8.49. The highest BCUT2D eigenvalue weighted by molar-refractivity contribution is 6.08. The second-order valence-electron chi connectivity index (χ2n) is 6.46. The summed E-state index contributed by atoms with van der Waals surface area (Å²) >= 11 is 0. The molecule has 0 fully saturated rings. The topological polar surface area (TPSA) is 0 Å². The molecule has 1 aliphatic rings. The highest BCUT2D eigenvalue weighted by Gasteiger charge is 2.40. The van der Waals surface area contributed by atoms with Gasteiger partial charge in [0.1, 0.15) is 0 Å². The molecule has 0 aliphatic heterocycles. The number of benzene rings is 1. The fraction of sp³-hybridized carbons (Fsp3) is 0.647. The third-order valence-electron chi connectivity index (χ3n) is 5.20. The molecule has 0 amide bonds. The standard InChI is InChI=1S/C17H25B/c1-5-17(6-2)10-9-16(3,4)14-8-7-13(12-18)11-15(14)17/h7-8,11H,5-6,9-10,12H2,1-4H3. The summed E-state index contributed by atoms with van der Waals surface area (Å²) in [5, 5.41) is 0. The first-order valence-electron chi connectivity index (χ1n) is 7.33. The van der Waals surface area contributed by atoms with Crippen LogP contribution in [0.15, 0.2) is 18.2 Å². The molecule has 0 spiro atoms. The quantitative estimate of drug-likeness (QED) is 0.683. The lowest BCUT2D eigenvalue weighted by Crippen LogP contribution is -2.37. The lowest BCUT2D eigenvalue weighted by molar-refractivity contribution is 0.276. The predicted octanol–water partition coefficient (Wildman–Crippen LogP) is 4.48. The van der Waals surface area contributed by atoms with Gasteiger partial charge in [-0.05, 0) is 47.6 Å². The highest BCUT2D eigenvalue weighted by Crippen LogP contribution is 2.49. The van der Waals surface area contributed by atoms with Crippen LogP contribution in [0.5, 0.6) is 0 Å². The Labute approximate surface area is 114 Å². The molecule has 18 heavy (non-hydrogen) atoms. The van der Waals surface area contributed by atoms with Crippen LogP contribution in [0.1, 0.15) is 70.1 Å². The van der Waals surface area contributed by atoms with Gasteiger partial charge in [-0.3, -0.25) is 0 Å². The molecule has 1 aliphatic carbocycles. The SMILES string of the molecule is [B]Cc1ccc2c(c1)C(CC)(CC)CCC2(C)C. The maximum Gasteiger partial charge on any atom is 0.0716 e. The second kappa shape index (κ2) is 4.76. The molecule has 0 heterocycles. The Morgan fingerprint density at radius 1 is 1.06 bits per heavy atom. The van der Waals surface area contributed by atoms with E-state index in [0.717, 1.165) is 0 Å². The molecule has 0 nitrogen and oxygen atoms in total. The largest absolute Gasteiger partial charge is 0.0716 e. The zero-order valence-corrected chi connectivity index (χ0v) is 12.3. The van der Waals surface area contributed by atoms with Gasteiger partial charge in [-0.2, -0.15) is 0 Å². The van der Waals surface area contributed by atoms with Crippen molar-refractivity contribution in [3.05, 3.63) is 34.9 Å². The van der Waals surface area contributed by atoms with Crippen molar-refractivity contribution in [3.63, 3.8) is 0 Å². The predicted molar refractivity (Wildman–Crippen MR) is 80.4 cm³/mol. The van der Waals surface area contributed by atoms with Crippen molar-refractivity contribution < 1.29 is 0 Å². The van der Waals surface area contributed by atoms with E-state index < -0.39 is 0 Å². The fourth-order valence-corrected chi connectivity index (χ4v) is 3.55. The highest BCUT2D eigenvalue weighted by atomic mass is 14.4. The van der Waals surface area contributed by atoms with E-state index in [-0.39, 0.29) is 0 Å². The summed E-state index contributed by atoms with van der Waals surface area (Å²) in [4.78, 5) is 0. The minimum absolute atomic E-state index is 0.316. The Kier molecular flexibility index (Phi) is 3.62. The minimum atomic E-state index is 0.316. The van der Waals surface area contributed by atoms with Crippen molar-refractivity contribution in [2.75, 3.05) is 0 Å². The van der Waals surface area contributed by atoms with Crippen molar-refractivity contribution in [1.29, 1.82) is 0 Å². The fourth-order valence-electron chi connectivity index (χ4n) is 3.55.